The monoisotopic (exact) mass is 365 g/mol. The summed E-state index contributed by atoms with van der Waals surface area (Å²) in [6.07, 6.45) is 0.197. The number of non-ortho nitro benzene ring substituents is 1. The molecule has 1 aromatic rings. The van der Waals surface area contributed by atoms with E-state index >= 15 is 0 Å². The lowest BCUT2D eigenvalue weighted by Gasteiger charge is -2.33. The normalized spacial score (nSPS) is 15.3. The van der Waals surface area contributed by atoms with Crippen LogP contribution in [0.3, 0.4) is 0 Å². The van der Waals surface area contributed by atoms with Crippen LogP contribution in [0, 0.1) is 10.1 Å². The molecule has 0 radical (unpaired) electrons. The highest BCUT2D eigenvalue weighted by molar-refractivity contribution is 5.71. The third-order valence-corrected chi connectivity index (χ3v) is 3.73. The van der Waals surface area contributed by atoms with Crippen molar-refractivity contribution in [2.75, 3.05) is 13.1 Å². The van der Waals surface area contributed by atoms with Gasteiger partial charge < -0.3 is 19.7 Å². The van der Waals surface area contributed by atoms with Crippen LogP contribution in [0.25, 0.3) is 0 Å². The Morgan fingerprint density at radius 1 is 1.19 bits per heavy atom. The van der Waals surface area contributed by atoms with E-state index in [1.165, 1.54) is 24.3 Å². The van der Waals surface area contributed by atoms with E-state index in [9.17, 15) is 19.7 Å². The van der Waals surface area contributed by atoms with E-state index in [2.05, 4.69) is 5.32 Å². The Bertz CT molecular complexity index is 660. The second kappa shape index (κ2) is 8.03. The summed E-state index contributed by atoms with van der Waals surface area (Å²) in [7, 11) is 0. The van der Waals surface area contributed by atoms with Gasteiger partial charge in [-0.3, -0.25) is 10.1 Å². The molecule has 1 aliphatic rings. The number of likely N-dealkylation sites (tertiary alicyclic amines) is 1. The fourth-order valence-electron chi connectivity index (χ4n) is 2.47. The SMILES string of the molecule is CC(C)(C)OC(=O)N1CCC(NC(=O)Oc2ccc([N+](=O)[O-])cc2)CC1. The number of benzene rings is 1. The molecule has 2 rings (SSSR count). The number of piperidine rings is 1. The van der Waals surface area contributed by atoms with E-state index in [-0.39, 0.29) is 23.6 Å². The molecule has 1 heterocycles. The van der Waals surface area contributed by atoms with E-state index in [4.69, 9.17) is 9.47 Å². The van der Waals surface area contributed by atoms with Crippen LogP contribution in [0.1, 0.15) is 33.6 Å². The molecule has 9 nitrogen and oxygen atoms in total. The highest BCUT2D eigenvalue weighted by Crippen LogP contribution is 2.18. The summed E-state index contributed by atoms with van der Waals surface area (Å²) < 4.78 is 10.4. The van der Waals surface area contributed by atoms with E-state index in [1.54, 1.807) is 4.90 Å². The van der Waals surface area contributed by atoms with Crippen LogP contribution in [0.4, 0.5) is 15.3 Å². The summed E-state index contributed by atoms with van der Waals surface area (Å²) >= 11 is 0. The molecule has 142 valence electrons. The summed E-state index contributed by atoms with van der Waals surface area (Å²) in [5, 5.41) is 13.3. The fraction of sp³-hybridized carbons (Fsp3) is 0.529. The van der Waals surface area contributed by atoms with Crippen molar-refractivity contribution in [1.82, 2.24) is 10.2 Å². The molecule has 1 saturated heterocycles. The summed E-state index contributed by atoms with van der Waals surface area (Å²) in [6, 6.07) is 5.15. The van der Waals surface area contributed by atoms with Crippen LogP contribution in [0.5, 0.6) is 5.75 Å². The maximum Gasteiger partial charge on any atom is 0.412 e. The van der Waals surface area contributed by atoms with Gasteiger partial charge in [0.25, 0.3) is 5.69 Å². The lowest BCUT2D eigenvalue weighted by Crippen LogP contribution is -2.48. The fourth-order valence-corrected chi connectivity index (χ4v) is 2.47. The van der Waals surface area contributed by atoms with Gasteiger partial charge in [-0.15, -0.1) is 0 Å². The molecule has 26 heavy (non-hydrogen) atoms. The van der Waals surface area contributed by atoms with Gasteiger partial charge in [0.05, 0.1) is 4.92 Å². The molecule has 0 spiro atoms. The van der Waals surface area contributed by atoms with Crippen LogP contribution in [-0.4, -0.2) is 46.7 Å². The quantitative estimate of drug-likeness (QED) is 0.651. The molecular formula is C17H23N3O6. The molecule has 0 atom stereocenters. The molecular weight excluding hydrogens is 342 g/mol. The minimum Gasteiger partial charge on any atom is -0.444 e. The summed E-state index contributed by atoms with van der Waals surface area (Å²) in [5.74, 6) is 0.222. The van der Waals surface area contributed by atoms with Crippen molar-refractivity contribution in [2.24, 2.45) is 0 Å². The number of carbonyl (C=O) groups is 2. The number of nitro groups is 1. The number of amides is 2. The first kappa shape index (κ1) is 19.5. The van der Waals surface area contributed by atoms with Gasteiger partial charge in [-0.1, -0.05) is 0 Å². The average Bonchev–Trinajstić information content (AvgIpc) is 2.54. The van der Waals surface area contributed by atoms with Crippen molar-refractivity contribution in [3.05, 3.63) is 34.4 Å². The number of ether oxygens (including phenoxy) is 2. The van der Waals surface area contributed by atoms with Crippen LogP contribution < -0.4 is 10.1 Å². The number of hydrogen-bond donors (Lipinski definition) is 1. The number of hydrogen-bond acceptors (Lipinski definition) is 6. The second-order valence-corrected chi connectivity index (χ2v) is 7.03. The number of nitrogens with zero attached hydrogens (tertiary/aromatic N) is 2. The zero-order valence-electron chi connectivity index (χ0n) is 15.1. The molecule has 1 N–H and O–H groups in total. The topological polar surface area (TPSA) is 111 Å². The van der Waals surface area contributed by atoms with Crippen LogP contribution in [0.15, 0.2) is 24.3 Å². The Labute approximate surface area is 151 Å². The molecule has 0 aromatic heterocycles. The molecule has 1 aromatic carbocycles. The van der Waals surface area contributed by atoms with Crippen LogP contribution >= 0.6 is 0 Å². The van der Waals surface area contributed by atoms with Crippen molar-refractivity contribution < 1.29 is 24.0 Å². The van der Waals surface area contributed by atoms with Gasteiger partial charge in [0.2, 0.25) is 0 Å². The van der Waals surface area contributed by atoms with Gasteiger partial charge in [0, 0.05) is 31.3 Å². The Hall–Kier alpha value is -2.84. The Morgan fingerprint density at radius 3 is 2.27 bits per heavy atom. The number of carbonyl (C=O) groups excluding carboxylic acids is 2. The second-order valence-electron chi connectivity index (χ2n) is 7.03. The van der Waals surface area contributed by atoms with Crippen LogP contribution in [0.2, 0.25) is 0 Å². The Kier molecular flexibility index (Phi) is 6.01. The smallest absolute Gasteiger partial charge is 0.412 e. The largest absolute Gasteiger partial charge is 0.444 e. The van der Waals surface area contributed by atoms with Gasteiger partial charge in [-0.25, -0.2) is 9.59 Å². The van der Waals surface area contributed by atoms with E-state index in [1.807, 2.05) is 20.8 Å². The molecule has 9 heteroatoms. The van der Waals surface area contributed by atoms with Crippen LogP contribution in [-0.2, 0) is 4.74 Å². The minimum atomic E-state index is -0.630. The molecule has 0 aliphatic carbocycles. The van der Waals surface area contributed by atoms with E-state index < -0.39 is 16.6 Å². The summed E-state index contributed by atoms with van der Waals surface area (Å²) in [4.78, 5) is 35.6. The number of nitro benzene ring substituents is 1. The Balaban J connectivity index is 1.77. The molecule has 2 amide bonds. The zero-order chi connectivity index (χ0) is 19.3. The molecule has 0 saturated carbocycles. The van der Waals surface area contributed by atoms with Crippen molar-refractivity contribution >= 4 is 17.9 Å². The minimum absolute atomic E-state index is 0.0766. The zero-order valence-corrected chi connectivity index (χ0v) is 15.1. The first-order valence-corrected chi connectivity index (χ1v) is 8.35. The summed E-state index contributed by atoms with van der Waals surface area (Å²) in [5.41, 5.74) is -0.618. The third kappa shape index (κ3) is 5.91. The first-order valence-electron chi connectivity index (χ1n) is 8.35. The highest BCUT2D eigenvalue weighted by Gasteiger charge is 2.27. The molecule has 1 fully saturated rings. The van der Waals surface area contributed by atoms with Crippen molar-refractivity contribution in [3.63, 3.8) is 0 Å². The lowest BCUT2D eigenvalue weighted by atomic mass is 10.1. The predicted octanol–water partition coefficient (Wildman–Crippen LogP) is 3.08. The lowest BCUT2D eigenvalue weighted by molar-refractivity contribution is -0.384. The summed E-state index contributed by atoms with van der Waals surface area (Å²) in [6.45, 7) is 6.41. The van der Waals surface area contributed by atoms with Gasteiger partial charge in [-0.05, 0) is 45.7 Å². The Morgan fingerprint density at radius 2 is 1.77 bits per heavy atom. The maximum atomic E-state index is 12.0. The third-order valence-electron chi connectivity index (χ3n) is 3.73. The standard InChI is InChI=1S/C17H23N3O6/c1-17(2,3)26-16(22)19-10-8-12(9-11-19)18-15(21)25-14-6-4-13(5-7-14)20(23)24/h4-7,12H,8-11H2,1-3H3,(H,18,21). The molecule has 1 aliphatic heterocycles. The maximum absolute atomic E-state index is 12.0. The molecule has 0 bridgehead atoms. The number of rotatable bonds is 3. The van der Waals surface area contributed by atoms with Crippen molar-refractivity contribution in [2.45, 2.75) is 45.3 Å². The van der Waals surface area contributed by atoms with Gasteiger partial charge in [-0.2, -0.15) is 0 Å². The highest BCUT2D eigenvalue weighted by atomic mass is 16.6. The predicted molar refractivity (Wildman–Crippen MR) is 93.1 cm³/mol. The van der Waals surface area contributed by atoms with Gasteiger partial charge in [0.15, 0.2) is 0 Å². The first-order chi connectivity index (χ1) is 12.1. The van der Waals surface area contributed by atoms with E-state index in [0.29, 0.717) is 25.9 Å². The average molecular weight is 365 g/mol. The van der Waals surface area contributed by atoms with Crippen molar-refractivity contribution in [1.29, 1.82) is 0 Å². The van der Waals surface area contributed by atoms with Gasteiger partial charge in [0.1, 0.15) is 11.4 Å². The molecule has 0 unspecified atom stereocenters. The van der Waals surface area contributed by atoms with Crippen molar-refractivity contribution in [3.8, 4) is 5.75 Å². The van der Waals surface area contributed by atoms with E-state index in [0.717, 1.165) is 0 Å². The van der Waals surface area contributed by atoms with Gasteiger partial charge >= 0.3 is 12.2 Å². The number of nitrogens with one attached hydrogen (secondary N) is 1.